The number of nitrogens with two attached hydrogens (primary N) is 1. The third-order valence-corrected chi connectivity index (χ3v) is 3.17. The molecule has 1 unspecified atom stereocenters. The van der Waals surface area contributed by atoms with Gasteiger partial charge in [-0.25, -0.2) is 14.2 Å². The summed E-state index contributed by atoms with van der Waals surface area (Å²) >= 11 is 0. The Balaban J connectivity index is 2.52. The van der Waals surface area contributed by atoms with E-state index in [0.29, 0.717) is 5.56 Å². The van der Waals surface area contributed by atoms with E-state index in [0.717, 1.165) is 16.7 Å². The first-order valence-corrected chi connectivity index (χ1v) is 6.01. The molecule has 0 aliphatic rings. The fourth-order valence-electron chi connectivity index (χ4n) is 2.19. The second-order valence-corrected chi connectivity index (χ2v) is 4.63. The first-order valence-electron chi connectivity index (χ1n) is 6.01. The summed E-state index contributed by atoms with van der Waals surface area (Å²) in [6.07, 6.45) is 0. The van der Waals surface area contributed by atoms with Crippen LogP contribution < -0.4 is 11.3 Å². The molecule has 2 aromatic rings. The van der Waals surface area contributed by atoms with Gasteiger partial charge in [-0.05, 0) is 43.2 Å². The number of aryl methyl sites for hydroxylation is 2. The molecule has 0 amide bonds. The minimum atomic E-state index is -0.500. The third-order valence-electron chi connectivity index (χ3n) is 3.17. The zero-order valence-electron chi connectivity index (χ0n) is 10.9. The average Bonchev–Trinajstić information content (AvgIpc) is 2.36. The molecular formula is C15H16F2N2. The smallest absolute Gasteiger partial charge is 0.128 e. The molecule has 0 aliphatic carbocycles. The molecule has 2 aromatic carbocycles. The van der Waals surface area contributed by atoms with Crippen molar-refractivity contribution in [3.63, 3.8) is 0 Å². The molecule has 2 rings (SSSR count). The van der Waals surface area contributed by atoms with Gasteiger partial charge in [-0.15, -0.1) is 0 Å². The van der Waals surface area contributed by atoms with Gasteiger partial charge < -0.3 is 0 Å². The Morgan fingerprint density at radius 3 is 2.37 bits per heavy atom. The van der Waals surface area contributed by atoms with Gasteiger partial charge in [-0.2, -0.15) is 0 Å². The van der Waals surface area contributed by atoms with Gasteiger partial charge in [0.05, 0.1) is 6.04 Å². The largest absolute Gasteiger partial charge is 0.271 e. The summed E-state index contributed by atoms with van der Waals surface area (Å²) in [5.74, 6) is 4.90. The maximum absolute atomic E-state index is 13.9. The van der Waals surface area contributed by atoms with Gasteiger partial charge in [0.2, 0.25) is 0 Å². The molecule has 0 saturated carbocycles. The molecule has 0 spiro atoms. The molecule has 0 aliphatic heterocycles. The standard InChI is InChI=1S/C15H16F2N2/c1-9-3-6-14(17)13(7-9)15(19-18)12-5-4-11(16)8-10(12)2/h3-8,15,19H,18H2,1-2H3. The van der Waals surface area contributed by atoms with E-state index in [9.17, 15) is 8.78 Å². The Morgan fingerprint density at radius 2 is 1.74 bits per heavy atom. The maximum Gasteiger partial charge on any atom is 0.128 e. The van der Waals surface area contributed by atoms with E-state index in [1.54, 1.807) is 25.1 Å². The van der Waals surface area contributed by atoms with E-state index in [2.05, 4.69) is 5.43 Å². The number of hydrogen-bond acceptors (Lipinski definition) is 2. The summed E-state index contributed by atoms with van der Waals surface area (Å²) in [6, 6.07) is 8.73. The van der Waals surface area contributed by atoms with Crippen LogP contribution in [-0.4, -0.2) is 0 Å². The number of halogens is 2. The third kappa shape index (κ3) is 2.80. The molecule has 2 nitrogen and oxygen atoms in total. The highest BCUT2D eigenvalue weighted by molar-refractivity contribution is 5.38. The van der Waals surface area contributed by atoms with Gasteiger partial charge in [0.1, 0.15) is 11.6 Å². The quantitative estimate of drug-likeness (QED) is 0.658. The lowest BCUT2D eigenvalue weighted by Crippen LogP contribution is -2.30. The molecule has 100 valence electrons. The number of rotatable bonds is 3. The lowest BCUT2D eigenvalue weighted by molar-refractivity contribution is 0.556. The first kappa shape index (κ1) is 13.6. The van der Waals surface area contributed by atoms with Gasteiger partial charge >= 0.3 is 0 Å². The molecule has 0 heterocycles. The zero-order valence-corrected chi connectivity index (χ0v) is 10.9. The Hall–Kier alpha value is -1.78. The summed E-state index contributed by atoms with van der Waals surface area (Å²) in [4.78, 5) is 0. The highest BCUT2D eigenvalue weighted by atomic mass is 19.1. The van der Waals surface area contributed by atoms with Crippen LogP contribution in [-0.2, 0) is 0 Å². The summed E-state index contributed by atoms with van der Waals surface area (Å²) in [5.41, 5.74) is 5.48. The number of hydrazine groups is 1. The highest BCUT2D eigenvalue weighted by Gasteiger charge is 2.18. The molecule has 0 fully saturated rings. The van der Waals surface area contributed by atoms with Crippen LogP contribution in [0.15, 0.2) is 36.4 Å². The van der Waals surface area contributed by atoms with Gasteiger partial charge in [0, 0.05) is 5.56 Å². The van der Waals surface area contributed by atoms with Crippen LogP contribution in [0.5, 0.6) is 0 Å². The van der Waals surface area contributed by atoms with Gasteiger partial charge in [-0.1, -0.05) is 23.8 Å². The number of hydrogen-bond donors (Lipinski definition) is 2. The van der Waals surface area contributed by atoms with Crippen molar-refractivity contribution < 1.29 is 8.78 Å². The van der Waals surface area contributed by atoms with Crippen molar-refractivity contribution in [3.05, 3.63) is 70.3 Å². The Kier molecular flexibility index (Phi) is 3.93. The van der Waals surface area contributed by atoms with Crippen molar-refractivity contribution in [2.24, 2.45) is 5.84 Å². The molecule has 0 radical (unpaired) electrons. The van der Waals surface area contributed by atoms with Crippen molar-refractivity contribution >= 4 is 0 Å². The second kappa shape index (κ2) is 5.47. The summed E-state index contributed by atoms with van der Waals surface area (Å²) in [5, 5.41) is 0. The molecule has 19 heavy (non-hydrogen) atoms. The van der Waals surface area contributed by atoms with E-state index < -0.39 is 6.04 Å². The number of benzene rings is 2. The van der Waals surface area contributed by atoms with Crippen LogP contribution in [0.2, 0.25) is 0 Å². The van der Waals surface area contributed by atoms with Crippen LogP contribution in [0.3, 0.4) is 0 Å². The predicted octanol–water partition coefficient (Wildman–Crippen LogP) is 3.13. The van der Waals surface area contributed by atoms with Crippen LogP contribution in [0, 0.1) is 25.5 Å². The maximum atomic E-state index is 13.9. The highest BCUT2D eigenvalue weighted by Crippen LogP contribution is 2.27. The van der Waals surface area contributed by atoms with Crippen molar-refractivity contribution in [1.29, 1.82) is 0 Å². The molecule has 0 aromatic heterocycles. The summed E-state index contributed by atoms with van der Waals surface area (Å²) < 4.78 is 27.1. The molecule has 4 heteroatoms. The van der Waals surface area contributed by atoms with Gasteiger partial charge in [0.25, 0.3) is 0 Å². The Labute approximate surface area is 111 Å². The lowest BCUT2D eigenvalue weighted by Gasteiger charge is -2.20. The molecule has 1 atom stereocenters. The first-order chi connectivity index (χ1) is 9.02. The van der Waals surface area contributed by atoms with Crippen molar-refractivity contribution in [1.82, 2.24) is 5.43 Å². The minimum Gasteiger partial charge on any atom is -0.271 e. The monoisotopic (exact) mass is 262 g/mol. The van der Waals surface area contributed by atoms with Gasteiger partial charge in [0.15, 0.2) is 0 Å². The minimum absolute atomic E-state index is 0.318. The predicted molar refractivity (Wildman–Crippen MR) is 71.4 cm³/mol. The molecule has 0 saturated heterocycles. The average molecular weight is 262 g/mol. The van der Waals surface area contributed by atoms with Gasteiger partial charge in [-0.3, -0.25) is 5.84 Å². The number of nitrogens with one attached hydrogen (secondary N) is 1. The normalized spacial score (nSPS) is 12.5. The second-order valence-electron chi connectivity index (χ2n) is 4.63. The molecule has 3 N–H and O–H groups in total. The van der Waals surface area contributed by atoms with Crippen LogP contribution in [0.1, 0.15) is 28.3 Å². The Morgan fingerprint density at radius 1 is 1.00 bits per heavy atom. The van der Waals surface area contributed by atoms with Crippen molar-refractivity contribution in [2.75, 3.05) is 0 Å². The fourth-order valence-corrected chi connectivity index (χ4v) is 2.19. The SMILES string of the molecule is Cc1ccc(F)c(C(NN)c2ccc(F)cc2C)c1. The van der Waals surface area contributed by atoms with Crippen LogP contribution >= 0.6 is 0 Å². The fraction of sp³-hybridized carbons (Fsp3) is 0.200. The van der Waals surface area contributed by atoms with E-state index in [1.807, 2.05) is 6.92 Å². The lowest BCUT2D eigenvalue weighted by atomic mass is 9.94. The zero-order chi connectivity index (χ0) is 14.0. The molecular weight excluding hydrogens is 246 g/mol. The van der Waals surface area contributed by atoms with E-state index >= 15 is 0 Å². The summed E-state index contributed by atoms with van der Waals surface area (Å²) in [6.45, 7) is 3.66. The molecule has 0 bridgehead atoms. The Bertz CT molecular complexity index is 597. The van der Waals surface area contributed by atoms with E-state index in [4.69, 9.17) is 5.84 Å². The topological polar surface area (TPSA) is 38.0 Å². The van der Waals surface area contributed by atoms with E-state index in [-0.39, 0.29) is 11.6 Å². The van der Waals surface area contributed by atoms with Crippen LogP contribution in [0.25, 0.3) is 0 Å². The van der Waals surface area contributed by atoms with Crippen LogP contribution in [0.4, 0.5) is 8.78 Å². The van der Waals surface area contributed by atoms with E-state index in [1.165, 1.54) is 18.2 Å². The van der Waals surface area contributed by atoms with Crippen molar-refractivity contribution in [2.45, 2.75) is 19.9 Å². The van der Waals surface area contributed by atoms with Crippen molar-refractivity contribution in [3.8, 4) is 0 Å². The summed E-state index contributed by atoms with van der Waals surface area (Å²) in [7, 11) is 0.